The molecule has 0 radical (unpaired) electrons. The van der Waals surface area contributed by atoms with E-state index in [1.54, 1.807) is 0 Å². The van der Waals surface area contributed by atoms with Gasteiger partial charge in [-0.05, 0) is 43.5 Å². The molecule has 236 valence electrons. The van der Waals surface area contributed by atoms with Crippen molar-refractivity contribution in [3.05, 3.63) is 64.9 Å². The predicted octanol–water partition coefficient (Wildman–Crippen LogP) is 4.69. The number of rotatable bonds is 6. The average Bonchev–Trinajstić information content (AvgIpc) is 3.46. The maximum atomic E-state index is 14.9. The summed E-state index contributed by atoms with van der Waals surface area (Å²) in [6.45, 7) is 3.62. The fourth-order valence-electron chi connectivity index (χ4n) is 5.94. The molecule has 17 heteroatoms. The van der Waals surface area contributed by atoms with Crippen molar-refractivity contribution in [2.75, 3.05) is 18.4 Å². The Morgan fingerprint density at radius 2 is 1.79 bits per heavy atom. The Morgan fingerprint density at radius 1 is 1.16 bits per heavy atom. The molecule has 0 bridgehead atoms. The highest BCUT2D eigenvalue weighted by Gasteiger charge is 2.74. The van der Waals surface area contributed by atoms with E-state index in [0.717, 1.165) is 24.0 Å². The van der Waals surface area contributed by atoms with E-state index in [4.69, 9.17) is 0 Å². The minimum atomic E-state index is -6.42. The minimum Gasteiger partial charge on any atom is -0.383 e. The topological polar surface area (TPSA) is 95.6 Å². The SMILES string of the molecule is C=C/C=C(\C=C(/C)F)S(=O)(=O)C12CCN(C(=O)C3CC(P)C(=O)N3)C1CNc1cc(C(F)(C(F)(F)F)C(F)(F)F)ccc12. The van der Waals surface area contributed by atoms with E-state index < -0.39 is 97.1 Å². The summed E-state index contributed by atoms with van der Waals surface area (Å²) in [5.41, 5.74) is -9.10. The van der Waals surface area contributed by atoms with Gasteiger partial charge in [-0.1, -0.05) is 24.8 Å². The maximum Gasteiger partial charge on any atom is 0.435 e. The van der Waals surface area contributed by atoms with Crippen LogP contribution in [0, 0.1) is 0 Å². The molecule has 2 amide bonds. The lowest BCUT2D eigenvalue weighted by Crippen LogP contribution is -2.58. The summed E-state index contributed by atoms with van der Waals surface area (Å²) in [5.74, 6) is -2.05. The number of hydrogen-bond donors (Lipinski definition) is 2. The van der Waals surface area contributed by atoms with Crippen LogP contribution in [0.5, 0.6) is 0 Å². The lowest BCUT2D eigenvalue weighted by atomic mass is 9.83. The number of hydrogen-bond acceptors (Lipinski definition) is 5. The molecule has 4 rings (SSSR count). The number of nitrogens with zero attached hydrogens (tertiary/aromatic N) is 1. The largest absolute Gasteiger partial charge is 0.435 e. The van der Waals surface area contributed by atoms with Crippen LogP contribution in [-0.2, 0) is 29.8 Å². The molecule has 5 atom stereocenters. The maximum absolute atomic E-state index is 14.9. The number of halogens is 8. The van der Waals surface area contributed by atoms with Crippen LogP contribution in [0.4, 0.5) is 40.8 Å². The molecule has 0 aromatic heterocycles. The monoisotopic (exact) mass is 659 g/mol. The molecule has 3 aliphatic heterocycles. The summed E-state index contributed by atoms with van der Waals surface area (Å²) in [7, 11) is -2.53. The van der Waals surface area contributed by atoms with Crippen molar-refractivity contribution in [1.29, 1.82) is 0 Å². The Morgan fingerprint density at radius 3 is 2.30 bits per heavy atom. The third kappa shape index (κ3) is 5.03. The summed E-state index contributed by atoms with van der Waals surface area (Å²) in [6, 6.07) is -1.24. The number of benzene rings is 1. The molecule has 1 aromatic carbocycles. The molecule has 5 unspecified atom stereocenters. The Balaban J connectivity index is 1.94. The number of amides is 2. The Hall–Kier alpha value is -3.00. The quantitative estimate of drug-likeness (QED) is 0.263. The van der Waals surface area contributed by atoms with Crippen molar-refractivity contribution in [1.82, 2.24) is 10.2 Å². The Kier molecular flexibility index (Phi) is 8.31. The van der Waals surface area contributed by atoms with Crippen LogP contribution in [-0.4, -0.2) is 68.3 Å². The van der Waals surface area contributed by atoms with Crippen molar-refractivity contribution >= 4 is 36.6 Å². The van der Waals surface area contributed by atoms with Crippen LogP contribution in [0.1, 0.15) is 30.9 Å². The first-order valence-electron chi connectivity index (χ1n) is 12.7. The van der Waals surface area contributed by atoms with Gasteiger partial charge in [0.2, 0.25) is 11.8 Å². The van der Waals surface area contributed by atoms with Crippen molar-refractivity contribution in [2.24, 2.45) is 0 Å². The first-order chi connectivity index (χ1) is 19.7. The molecule has 2 fully saturated rings. The van der Waals surface area contributed by atoms with E-state index in [1.165, 1.54) is 0 Å². The minimum absolute atomic E-state index is 0.0670. The molecule has 3 aliphatic rings. The number of anilines is 1. The van der Waals surface area contributed by atoms with Gasteiger partial charge in [-0.3, -0.25) is 9.59 Å². The highest BCUT2D eigenvalue weighted by molar-refractivity contribution is 7.96. The van der Waals surface area contributed by atoms with Gasteiger partial charge in [0, 0.05) is 24.3 Å². The van der Waals surface area contributed by atoms with Gasteiger partial charge in [0.05, 0.1) is 22.4 Å². The zero-order valence-electron chi connectivity index (χ0n) is 22.3. The molecular weight excluding hydrogens is 633 g/mol. The lowest BCUT2D eigenvalue weighted by molar-refractivity contribution is -0.348. The molecule has 3 heterocycles. The summed E-state index contributed by atoms with van der Waals surface area (Å²) in [5, 5.41) is 5.08. The molecule has 0 spiro atoms. The zero-order valence-corrected chi connectivity index (χ0v) is 24.3. The van der Waals surface area contributed by atoms with E-state index in [9.17, 15) is 53.1 Å². The van der Waals surface area contributed by atoms with Gasteiger partial charge < -0.3 is 15.5 Å². The number of likely N-dealkylation sites (tertiary alicyclic amines) is 1. The zero-order chi connectivity index (χ0) is 32.3. The van der Waals surface area contributed by atoms with Crippen LogP contribution in [0.3, 0.4) is 0 Å². The number of nitrogens with one attached hydrogen (secondary N) is 2. The van der Waals surface area contributed by atoms with Crippen molar-refractivity contribution in [3.8, 4) is 0 Å². The van der Waals surface area contributed by atoms with Gasteiger partial charge in [-0.15, -0.1) is 9.24 Å². The van der Waals surface area contributed by atoms with Crippen molar-refractivity contribution in [2.45, 2.75) is 60.3 Å². The second-order valence-electron chi connectivity index (χ2n) is 10.4. The number of alkyl halides is 7. The highest BCUT2D eigenvalue weighted by Crippen LogP contribution is 2.57. The average molecular weight is 660 g/mol. The molecule has 2 N–H and O–H groups in total. The molecule has 2 saturated heterocycles. The summed E-state index contributed by atoms with van der Waals surface area (Å²) in [6.07, 6.45) is -10.5. The predicted molar refractivity (Wildman–Crippen MR) is 144 cm³/mol. The van der Waals surface area contributed by atoms with Gasteiger partial charge in [-0.25, -0.2) is 17.2 Å². The first-order valence-corrected chi connectivity index (χ1v) is 14.9. The highest BCUT2D eigenvalue weighted by atomic mass is 32.2. The molecule has 0 aliphatic carbocycles. The molecule has 0 saturated carbocycles. The molecule has 7 nitrogen and oxygen atoms in total. The van der Waals surface area contributed by atoms with Gasteiger partial charge in [0.1, 0.15) is 10.8 Å². The fourth-order valence-corrected chi connectivity index (χ4v) is 8.72. The summed E-state index contributed by atoms with van der Waals surface area (Å²) in [4.78, 5) is 26.1. The third-order valence-corrected chi connectivity index (χ3v) is 11.0. The normalized spacial score (nSPS) is 26.9. The molecule has 43 heavy (non-hydrogen) atoms. The van der Waals surface area contributed by atoms with E-state index in [2.05, 4.69) is 26.5 Å². The van der Waals surface area contributed by atoms with Crippen LogP contribution in [0.25, 0.3) is 0 Å². The standard InChI is InChI=1S/C26H26F8N3O4PS/c1-3-4-15(9-13(2)27)43(40,41)23-7-8-37(22(39)18-11-19(42)21(38)36-18)20(23)12-35-17-10-14(5-6-16(17)23)24(28,25(29,30)31)26(32,33)34/h3-6,9-10,18-20,35H,1,7-8,11-12,42H2,2H3,(H,36,38)/b13-9+,15-4+. The lowest BCUT2D eigenvalue weighted by Gasteiger charge is -2.44. The van der Waals surface area contributed by atoms with E-state index >= 15 is 0 Å². The second kappa shape index (κ2) is 10.9. The van der Waals surface area contributed by atoms with E-state index in [0.29, 0.717) is 12.1 Å². The fraction of sp³-hybridized carbons (Fsp3) is 0.462. The second-order valence-corrected chi connectivity index (χ2v) is 13.4. The van der Waals surface area contributed by atoms with Crippen molar-refractivity contribution < 1.29 is 53.1 Å². The van der Waals surface area contributed by atoms with E-state index in [1.807, 2.05) is 0 Å². The van der Waals surface area contributed by atoms with Crippen LogP contribution in [0.2, 0.25) is 0 Å². The van der Waals surface area contributed by atoms with Crippen LogP contribution in [0.15, 0.2) is 53.7 Å². The van der Waals surface area contributed by atoms with Crippen LogP contribution >= 0.6 is 9.24 Å². The number of sulfone groups is 1. The van der Waals surface area contributed by atoms with Crippen molar-refractivity contribution in [3.63, 3.8) is 0 Å². The Bertz CT molecular complexity index is 1510. The number of carbonyl (C=O) groups excluding carboxylic acids is 2. The first kappa shape index (κ1) is 32.9. The molecule has 1 aromatic rings. The number of allylic oxidation sites excluding steroid dienone is 4. The summed E-state index contributed by atoms with van der Waals surface area (Å²) >= 11 is 0. The summed E-state index contributed by atoms with van der Waals surface area (Å²) < 4.78 is 137. The number of carbonyl (C=O) groups is 2. The van der Waals surface area contributed by atoms with E-state index in [-0.39, 0.29) is 30.7 Å². The smallest absolute Gasteiger partial charge is 0.383 e. The van der Waals surface area contributed by atoms with Gasteiger partial charge in [0.15, 0.2) is 9.84 Å². The van der Waals surface area contributed by atoms with Gasteiger partial charge in [-0.2, -0.15) is 26.3 Å². The van der Waals surface area contributed by atoms with Gasteiger partial charge in [0.25, 0.3) is 0 Å². The number of fused-ring (bicyclic) bond motifs is 3. The third-order valence-electron chi connectivity index (χ3n) is 7.92. The Labute approximate surface area is 243 Å². The van der Waals surface area contributed by atoms with Gasteiger partial charge >= 0.3 is 18.0 Å². The molecular formula is C26H26F8N3O4PS. The van der Waals surface area contributed by atoms with Crippen LogP contribution < -0.4 is 10.6 Å².